The highest BCUT2D eigenvalue weighted by Gasteiger charge is 2.02. The largest absolute Gasteiger partial charge is 0.352 e. The van der Waals surface area contributed by atoms with Gasteiger partial charge >= 0.3 is 0 Å². The molecule has 0 atom stereocenters. The summed E-state index contributed by atoms with van der Waals surface area (Å²) < 4.78 is 0. The Bertz CT molecular complexity index is 637. The van der Waals surface area contributed by atoms with Crippen LogP contribution >= 0.6 is 11.3 Å². The van der Waals surface area contributed by atoms with Gasteiger partial charge in [0.1, 0.15) is 0 Å². The maximum atomic E-state index is 10.7. The first-order chi connectivity index (χ1) is 7.86. The van der Waals surface area contributed by atoms with E-state index in [-0.39, 0.29) is 0 Å². The minimum absolute atomic E-state index is 0.623. The molecule has 3 aromatic rings. The fraction of sp³-hybridized carbons (Fsp3) is 0. The Hall–Kier alpha value is -1.87. The maximum Gasteiger partial charge on any atom is 0.166 e. The lowest BCUT2D eigenvalue weighted by molar-refractivity contribution is 0.112. The van der Waals surface area contributed by atoms with Gasteiger partial charge in [-0.05, 0) is 40.1 Å². The van der Waals surface area contributed by atoms with Gasteiger partial charge in [-0.1, -0.05) is 12.1 Å². The number of nitrogens with one attached hydrogen (secondary N) is 1. The summed E-state index contributed by atoms with van der Waals surface area (Å²) in [4.78, 5) is 13.7. The molecule has 2 nitrogen and oxygen atoms in total. The predicted octanol–water partition coefficient (Wildman–Crippen LogP) is 3.71. The van der Waals surface area contributed by atoms with Gasteiger partial charge in [-0.3, -0.25) is 4.79 Å². The van der Waals surface area contributed by atoms with Gasteiger partial charge in [-0.2, -0.15) is 11.3 Å². The minimum atomic E-state index is 0.623. The average molecular weight is 227 g/mol. The molecule has 0 spiro atoms. The molecule has 16 heavy (non-hydrogen) atoms. The highest BCUT2D eigenvalue weighted by atomic mass is 32.1. The van der Waals surface area contributed by atoms with E-state index in [1.807, 2.05) is 12.1 Å². The maximum absolute atomic E-state index is 10.7. The van der Waals surface area contributed by atoms with Crippen molar-refractivity contribution in [3.8, 4) is 11.1 Å². The normalized spacial score (nSPS) is 10.8. The fourth-order valence-corrected chi connectivity index (χ4v) is 2.49. The lowest BCUT2D eigenvalue weighted by Crippen LogP contribution is -1.76. The van der Waals surface area contributed by atoms with E-state index in [0.717, 1.165) is 17.2 Å². The van der Waals surface area contributed by atoms with E-state index in [4.69, 9.17) is 0 Å². The van der Waals surface area contributed by atoms with Gasteiger partial charge in [-0.25, -0.2) is 0 Å². The molecule has 0 aliphatic rings. The molecule has 0 aliphatic carbocycles. The van der Waals surface area contributed by atoms with Crippen molar-refractivity contribution in [2.75, 3.05) is 0 Å². The first-order valence-electron chi connectivity index (χ1n) is 4.97. The first kappa shape index (κ1) is 9.36. The number of aromatic amines is 1. The number of H-pyrrole nitrogens is 1. The quantitative estimate of drug-likeness (QED) is 0.665. The molecule has 2 heterocycles. The first-order valence-corrected chi connectivity index (χ1v) is 5.91. The van der Waals surface area contributed by atoms with Crippen LogP contribution in [0.25, 0.3) is 22.0 Å². The van der Waals surface area contributed by atoms with Crippen molar-refractivity contribution in [1.82, 2.24) is 4.98 Å². The molecule has 78 valence electrons. The Morgan fingerprint density at radius 1 is 1.12 bits per heavy atom. The van der Waals surface area contributed by atoms with Crippen molar-refractivity contribution in [3.05, 3.63) is 46.8 Å². The molecule has 0 saturated carbocycles. The number of hydrogen-bond donors (Lipinski definition) is 1. The SMILES string of the molecule is O=Cc1cc2ccc(-c3ccsc3)cc2[nH]1. The highest BCUT2D eigenvalue weighted by Crippen LogP contribution is 2.26. The minimum Gasteiger partial charge on any atom is -0.352 e. The Morgan fingerprint density at radius 2 is 2.06 bits per heavy atom. The highest BCUT2D eigenvalue weighted by molar-refractivity contribution is 7.08. The van der Waals surface area contributed by atoms with Crippen LogP contribution in [0.5, 0.6) is 0 Å². The number of fused-ring (bicyclic) bond motifs is 1. The third-order valence-corrected chi connectivity index (χ3v) is 3.31. The molecule has 0 amide bonds. The number of aromatic nitrogens is 1. The second kappa shape index (κ2) is 3.61. The molecule has 3 rings (SSSR count). The summed E-state index contributed by atoms with van der Waals surface area (Å²) in [5.41, 5.74) is 4.02. The molecule has 0 saturated heterocycles. The third-order valence-electron chi connectivity index (χ3n) is 2.62. The van der Waals surface area contributed by atoms with Crippen LogP contribution in [0.4, 0.5) is 0 Å². The van der Waals surface area contributed by atoms with Gasteiger partial charge in [0.25, 0.3) is 0 Å². The van der Waals surface area contributed by atoms with E-state index < -0.39 is 0 Å². The van der Waals surface area contributed by atoms with Crippen LogP contribution in [0.3, 0.4) is 0 Å². The van der Waals surface area contributed by atoms with E-state index in [1.54, 1.807) is 11.3 Å². The molecule has 0 aliphatic heterocycles. The Kier molecular flexibility index (Phi) is 2.11. The van der Waals surface area contributed by atoms with E-state index in [9.17, 15) is 4.79 Å². The smallest absolute Gasteiger partial charge is 0.166 e. The van der Waals surface area contributed by atoms with E-state index in [2.05, 4.69) is 33.9 Å². The van der Waals surface area contributed by atoms with E-state index in [1.165, 1.54) is 11.1 Å². The summed E-state index contributed by atoms with van der Waals surface area (Å²) in [7, 11) is 0. The van der Waals surface area contributed by atoms with E-state index >= 15 is 0 Å². The summed E-state index contributed by atoms with van der Waals surface area (Å²) in [5, 5.41) is 5.25. The summed E-state index contributed by atoms with van der Waals surface area (Å²) in [6.45, 7) is 0. The summed E-state index contributed by atoms with van der Waals surface area (Å²) in [5.74, 6) is 0. The fourth-order valence-electron chi connectivity index (χ4n) is 1.82. The van der Waals surface area contributed by atoms with Crippen LogP contribution in [-0.4, -0.2) is 11.3 Å². The van der Waals surface area contributed by atoms with Crippen LogP contribution in [0, 0.1) is 0 Å². The summed E-state index contributed by atoms with van der Waals surface area (Å²) in [6, 6.07) is 10.1. The average Bonchev–Trinajstić information content (AvgIpc) is 2.96. The van der Waals surface area contributed by atoms with Gasteiger partial charge in [0.15, 0.2) is 6.29 Å². The van der Waals surface area contributed by atoms with Crippen LogP contribution in [0.2, 0.25) is 0 Å². The number of hydrogen-bond acceptors (Lipinski definition) is 2. The molecule has 3 heteroatoms. The zero-order chi connectivity index (χ0) is 11.0. The Labute approximate surface area is 96.5 Å². The lowest BCUT2D eigenvalue weighted by Gasteiger charge is -1.97. The molecule has 0 bridgehead atoms. The second-order valence-corrected chi connectivity index (χ2v) is 4.44. The van der Waals surface area contributed by atoms with Crippen molar-refractivity contribution < 1.29 is 4.79 Å². The standard InChI is InChI=1S/C13H9NOS/c15-7-12-5-10-2-1-9(6-13(10)14-12)11-3-4-16-8-11/h1-8,14H. The van der Waals surface area contributed by atoms with Crippen molar-refractivity contribution in [3.63, 3.8) is 0 Å². The molecular weight excluding hydrogens is 218 g/mol. The number of carbonyl (C=O) groups is 1. The molecule has 0 radical (unpaired) electrons. The van der Waals surface area contributed by atoms with Crippen LogP contribution in [0.1, 0.15) is 10.5 Å². The summed E-state index contributed by atoms with van der Waals surface area (Å²) in [6.07, 6.45) is 0.838. The van der Waals surface area contributed by atoms with Crippen molar-refractivity contribution in [2.24, 2.45) is 0 Å². The molecule has 1 N–H and O–H groups in total. The number of benzene rings is 1. The molecule has 1 aromatic carbocycles. The molecular formula is C13H9NOS. The monoisotopic (exact) mass is 227 g/mol. The Balaban J connectivity index is 2.19. The number of rotatable bonds is 2. The van der Waals surface area contributed by atoms with Gasteiger partial charge < -0.3 is 4.98 Å². The van der Waals surface area contributed by atoms with Crippen molar-refractivity contribution >= 4 is 28.5 Å². The number of carbonyl (C=O) groups excluding carboxylic acids is 1. The topological polar surface area (TPSA) is 32.9 Å². The second-order valence-electron chi connectivity index (χ2n) is 3.66. The van der Waals surface area contributed by atoms with Gasteiger partial charge in [-0.15, -0.1) is 0 Å². The summed E-state index contributed by atoms with van der Waals surface area (Å²) >= 11 is 1.68. The van der Waals surface area contributed by atoms with E-state index in [0.29, 0.717) is 5.69 Å². The lowest BCUT2D eigenvalue weighted by atomic mass is 10.1. The van der Waals surface area contributed by atoms with Crippen molar-refractivity contribution in [2.45, 2.75) is 0 Å². The van der Waals surface area contributed by atoms with Crippen molar-refractivity contribution in [1.29, 1.82) is 0 Å². The van der Waals surface area contributed by atoms with Crippen LogP contribution < -0.4 is 0 Å². The predicted molar refractivity (Wildman–Crippen MR) is 67.0 cm³/mol. The zero-order valence-corrected chi connectivity index (χ0v) is 9.25. The number of aldehydes is 1. The molecule has 0 fully saturated rings. The van der Waals surface area contributed by atoms with Gasteiger partial charge in [0.05, 0.1) is 5.69 Å². The molecule has 0 unspecified atom stereocenters. The van der Waals surface area contributed by atoms with Gasteiger partial charge in [0, 0.05) is 10.9 Å². The number of thiophene rings is 1. The molecule has 2 aromatic heterocycles. The third kappa shape index (κ3) is 1.46. The zero-order valence-electron chi connectivity index (χ0n) is 8.44. The Morgan fingerprint density at radius 3 is 2.81 bits per heavy atom. The van der Waals surface area contributed by atoms with Crippen LogP contribution in [0.15, 0.2) is 41.1 Å². The van der Waals surface area contributed by atoms with Gasteiger partial charge in [0.2, 0.25) is 0 Å². The van der Waals surface area contributed by atoms with Crippen LogP contribution in [-0.2, 0) is 0 Å².